The number of hydrogen-bond acceptors (Lipinski definition) is 4. The lowest BCUT2D eigenvalue weighted by atomic mass is 10.1. The molecule has 20 heavy (non-hydrogen) atoms. The van der Waals surface area contributed by atoms with Crippen LogP contribution in [0.3, 0.4) is 0 Å². The van der Waals surface area contributed by atoms with Crippen LogP contribution in [0.2, 0.25) is 0 Å². The molecule has 0 aliphatic carbocycles. The molecule has 9 heteroatoms. The Morgan fingerprint density at radius 2 is 1.55 bits per heavy atom. The highest BCUT2D eigenvalue weighted by Gasteiger charge is 2.53. The number of hydroxylamine groups is 2. The van der Waals surface area contributed by atoms with E-state index in [0.29, 0.717) is 0 Å². The quantitative estimate of drug-likeness (QED) is 0.627. The van der Waals surface area contributed by atoms with Gasteiger partial charge in [-0.3, -0.25) is 9.59 Å². The molecule has 106 valence electrons. The Kier molecular flexibility index (Phi) is 3.20. The van der Waals surface area contributed by atoms with E-state index in [1.165, 1.54) is 24.3 Å². The molecule has 0 unspecified atom stereocenters. The van der Waals surface area contributed by atoms with Gasteiger partial charge >= 0.3 is 18.3 Å². The molecule has 1 aromatic carbocycles. The van der Waals surface area contributed by atoms with Crippen molar-refractivity contribution in [2.75, 3.05) is 0 Å². The minimum Gasteiger partial charge on any atom is -0.323 e. The van der Waals surface area contributed by atoms with Gasteiger partial charge in [-0.1, -0.05) is 17.2 Å². The molecule has 1 aliphatic rings. The number of fused-ring (bicyclic) bond motifs is 1. The van der Waals surface area contributed by atoms with Crippen LogP contribution in [0.4, 0.5) is 17.6 Å². The number of amides is 2. The highest BCUT2D eigenvalue weighted by atomic mass is 19.3. The average Bonchev–Trinajstić information content (AvgIpc) is 2.64. The summed E-state index contributed by atoms with van der Waals surface area (Å²) in [5.74, 6) is -10.1. The Bertz CT molecular complexity index is 567. The first-order valence-corrected chi connectivity index (χ1v) is 5.13. The summed E-state index contributed by atoms with van der Waals surface area (Å²) in [5, 5.41) is -0.261. The minimum absolute atomic E-state index is 0.175. The molecule has 0 saturated heterocycles. The van der Waals surface area contributed by atoms with E-state index in [1.807, 2.05) is 0 Å². The molecule has 0 bridgehead atoms. The van der Waals surface area contributed by atoms with Crippen LogP contribution in [0.25, 0.3) is 0 Å². The third-order valence-corrected chi connectivity index (χ3v) is 2.48. The van der Waals surface area contributed by atoms with E-state index in [4.69, 9.17) is 0 Å². The number of carbonyl (C=O) groups excluding carboxylic acids is 3. The van der Waals surface area contributed by atoms with Gasteiger partial charge in [0.15, 0.2) is 0 Å². The van der Waals surface area contributed by atoms with Crippen molar-refractivity contribution >= 4 is 17.8 Å². The molecule has 0 spiro atoms. The maximum Gasteiger partial charge on any atom is 0.408 e. The summed E-state index contributed by atoms with van der Waals surface area (Å²) >= 11 is 0. The van der Waals surface area contributed by atoms with Gasteiger partial charge in [-0.05, 0) is 12.1 Å². The molecule has 1 aromatic rings. The van der Waals surface area contributed by atoms with E-state index >= 15 is 0 Å². The number of alkyl halides is 4. The minimum atomic E-state index is -5.12. The second kappa shape index (κ2) is 4.58. The van der Waals surface area contributed by atoms with Crippen LogP contribution in [0, 0.1) is 0 Å². The van der Waals surface area contributed by atoms with Crippen LogP contribution in [-0.2, 0) is 9.63 Å². The zero-order valence-electron chi connectivity index (χ0n) is 9.48. The van der Waals surface area contributed by atoms with Gasteiger partial charge in [0.2, 0.25) is 0 Å². The molecule has 1 heterocycles. The lowest BCUT2D eigenvalue weighted by molar-refractivity contribution is -0.215. The largest absolute Gasteiger partial charge is 0.408 e. The molecule has 2 rings (SSSR count). The Morgan fingerprint density at radius 1 is 1.10 bits per heavy atom. The van der Waals surface area contributed by atoms with Crippen LogP contribution in [0.15, 0.2) is 24.3 Å². The zero-order chi connectivity index (χ0) is 15.1. The van der Waals surface area contributed by atoms with Gasteiger partial charge < -0.3 is 4.84 Å². The van der Waals surface area contributed by atoms with Gasteiger partial charge in [0.1, 0.15) is 0 Å². The van der Waals surface area contributed by atoms with Crippen LogP contribution < -0.4 is 0 Å². The third kappa shape index (κ3) is 2.00. The van der Waals surface area contributed by atoms with Crippen molar-refractivity contribution in [1.29, 1.82) is 0 Å². The van der Waals surface area contributed by atoms with Crippen molar-refractivity contribution in [3.63, 3.8) is 0 Å². The monoisotopic (exact) mass is 291 g/mol. The van der Waals surface area contributed by atoms with E-state index < -0.39 is 30.1 Å². The third-order valence-electron chi connectivity index (χ3n) is 2.48. The fraction of sp³-hybridized carbons (Fsp3) is 0.182. The molecule has 5 nitrogen and oxygen atoms in total. The summed E-state index contributed by atoms with van der Waals surface area (Å²) in [6.07, 6.45) is -4.31. The molecular formula is C11H5F4NO4. The Labute approximate surface area is 108 Å². The number of nitrogens with zero attached hydrogens (tertiary/aromatic N) is 1. The van der Waals surface area contributed by atoms with Crippen molar-refractivity contribution in [3.05, 3.63) is 35.4 Å². The van der Waals surface area contributed by atoms with Gasteiger partial charge in [0.05, 0.1) is 11.1 Å². The summed E-state index contributed by atoms with van der Waals surface area (Å²) in [4.78, 5) is 38.0. The lowest BCUT2D eigenvalue weighted by Crippen LogP contribution is -2.43. The smallest absolute Gasteiger partial charge is 0.323 e. The van der Waals surface area contributed by atoms with Crippen LogP contribution in [-0.4, -0.2) is 35.2 Å². The normalized spacial score (nSPS) is 14.8. The summed E-state index contributed by atoms with van der Waals surface area (Å²) in [6, 6.07) is 5.19. The van der Waals surface area contributed by atoms with Gasteiger partial charge in [0, 0.05) is 0 Å². The van der Waals surface area contributed by atoms with Gasteiger partial charge in [-0.25, -0.2) is 13.6 Å². The van der Waals surface area contributed by atoms with Gasteiger partial charge in [-0.2, -0.15) is 8.78 Å². The number of halogens is 4. The Hall–Kier alpha value is -2.45. The van der Waals surface area contributed by atoms with E-state index in [9.17, 15) is 31.9 Å². The average molecular weight is 291 g/mol. The van der Waals surface area contributed by atoms with E-state index in [-0.39, 0.29) is 16.2 Å². The van der Waals surface area contributed by atoms with E-state index in [1.54, 1.807) is 0 Å². The van der Waals surface area contributed by atoms with Crippen LogP contribution in [0.5, 0.6) is 0 Å². The summed E-state index contributed by atoms with van der Waals surface area (Å²) < 4.78 is 49.3. The summed E-state index contributed by atoms with van der Waals surface area (Å²) in [7, 11) is 0. The number of carbonyl (C=O) groups is 3. The molecule has 0 saturated carbocycles. The fourth-order valence-corrected chi connectivity index (χ4v) is 1.48. The van der Waals surface area contributed by atoms with Crippen molar-refractivity contribution < 1.29 is 36.8 Å². The van der Waals surface area contributed by atoms with Gasteiger partial charge in [-0.15, -0.1) is 0 Å². The van der Waals surface area contributed by atoms with Crippen LogP contribution >= 0.6 is 0 Å². The Morgan fingerprint density at radius 3 is 1.95 bits per heavy atom. The molecule has 2 amide bonds. The molecular weight excluding hydrogens is 286 g/mol. The predicted octanol–water partition coefficient (Wildman–Crippen LogP) is 1.64. The first kappa shape index (κ1) is 14.0. The topological polar surface area (TPSA) is 63.7 Å². The highest BCUT2D eigenvalue weighted by Crippen LogP contribution is 2.28. The molecule has 0 fully saturated rings. The summed E-state index contributed by atoms with van der Waals surface area (Å²) in [5.41, 5.74) is -0.351. The number of imide groups is 1. The first-order chi connectivity index (χ1) is 9.26. The van der Waals surface area contributed by atoms with Crippen molar-refractivity contribution in [3.8, 4) is 0 Å². The van der Waals surface area contributed by atoms with E-state index in [2.05, 4.69) is 4.84 Å². The second-order valence-corrected chi connectivity index (χ2v) is 3.75. The molecule has 0 N–H and O–H groups in total. The standard InChI is InChI=1S/C11H5F4NO4/c12-9(13)11(14,15)10(19)20-16-7(17)5-3-1-2-4-6(5)8(16)18/h1-4,9H. The van der Waals surface area contributed by atoms with Crippen molar-refractivity contribution in [2.24, 2.45) is 0 Å². The van der Waals surface area contributed by atoms with E-state index in [0.717, 1.165) is 0 Å². The molecule has 1 aliphatic heterocycles. The molecule has 0 aromatic heterocycles. The zero-order valence-corrected chi connectivity index (χ0v) is 9.48. The summed E-state index contributed by atoms with van der Waals surface area (Å²) in [6.45, 7) is 0. The maximum absolute atomic E-state index is 12.7. The Balaban J connectivity index is 2.24. The van der Waals surface area contributed by atoms with Crippen LogP contribution in [0.1, 0.15) is 20.7 Å². The SMILES string of the molecule is O=C1c2ccccc2C(=O)N1OC(=O)C(F)(F)C(F)F. The molecule has 0 atom stereocenters. The first-order valence-electron chi connectivity index (χ1n) is 5.13. The van der Waals surface area contributed by atoms with Gasteiger partial charge in [0.25, 0.3) is 11.8 Å². The van der Waals surface area contributed by atoms with Crippen molar-refractivity contribution in [2.45, 2.75) is 12.3 Å². The fourth-order valence-electron chi connectivity index (χ4n) is 1.48. The number of rotatable bonds is 3. The predicted molar refractivity (Wildman–Crippen MR) is 54.0 cm³/mol. The number of benzene rings is 1. The highest BCUT2D eigenvalue weighted by molar-refractivity contribution is 6.20. The lowest BCUT2D eigenvalue weighted by Gasteiger charge is -2.17. The second-order valence-electron chi connectivity index (χ2n) is 3.75. The number of hydrogen-bond donors (Lipinski definition) is 0. The molecule has 0 radical (unpaired) electrons. The van der Waals surface area contributed by atoms with Crippen molar-refractivity contribution in [1.82, 2.24) is 5.06 Å². The maximum atomic E-state index is 12.7.